The van der Waals surface area contributed by atoms with Crippen LogP contribution in [0.3, 0.4) is 0 Å². The van der Waals surface area contributed by atoms with Gasteiger partial charge in [-0.3, -0.25) is 24.7 Å². The van der Waals surface area contributed by atoms with E-state index in [2.05, 4.69) is 28.0 Å². The minimum absolute atomic E-state index is 0.119. The number of carbonyl (C=O) groups excluding carboxylic acids is 1. The van der Waals surface area contributed by atoms with E-state index < -0.39 is 0 Å². The molecule has 9 nitrogen and oxygen atoms in total. The second-order valence-corrected chi connectivity index (χ2v) is 9.21. The van der Waals surface area contributed by atoms with Crippen molar-refractivity contribution in [1.82, 2.24) is 14.7 Å². The Morgan fingerprint density at radius 2 is 1.68 bits per heavy atom. The molecule has 0 atom stereocenters. The molecule has 3 aliphatic heterocycles. The summed E-state index contributed by atoms with van der Waals surface area (Å²) in [4.78, 5) is 32.5. The van der Waals surface area contributed by atoms with E-state index in [4.69, 9.17) is 4.74 Å². The Kier molecular flexibility index (Phi) is 6.64. The molecule has 2 saturated heterocycles. The van der Waals surface area contributed by atoms with Crippen LogP contribution in [0.2, 0.25) is 0 Å². The molecule has 0 saturated carbocycles. The van der Waals surface area contributed by atoms with Gasteiger partial charge in [0.25, 0.3) is 5.69 Å². The number of rotatable bonds is 6. The molecule has 0 spiro atoms. The predicted molar refractivity (Wildman–Crippen MR) is 129 cm³/mol. The topological polar surface area (TPSA) is 82.4 Å². The van der Waals surface area contributed by atoms with E-state index >= 15 is 0 Å². The predicted octanol–water partition coefficient (Wildman–Crippen LogP) is 2.00. The second-order valence-electron chi connectivity index (χ2n) is 9.21. The van der Waals surface area contributed by atoms with Gasteiger partial charge in [-0.25, -0.2) is 0 Å². The third-order valence-electron chi connectivity index (χ3n) is 7.04. The number of amides is 1. The lowest BCUT2D eigenvalue weighted by molar-refractivity contribution is -0.384. The Hall–Kier alpha value is -3.17. The van der Waals surface area contributed by atoms with Crippen molar-refractivity contribution in [2.75, 3.05) is 70.4 Å². The van der Waals surface area contributed by atoms with Crippen LogP contribution in [0, 0.1) is 10.1 Å². The third-order valence-corrected chi connectivity index (χ3v) is 7.04. The molecule has 0 radical (unpaired) electrons. The first-order chi connectivity index (χ1) is 16.6. The monoisotopic (exact) mass is 465 g/mol. The summed E-state index contributed by atoms with van der Waals surface area (Å²) in [6.45, 7) is 8.22. The van der Waals surface area contributed by atoms with Gasteiger partial charge in [0, 0.05) is 71.4 Å². The van der Waals surface area contributed by atoms with Crippen LogP contribution in [-0.2, 0) is 17.8 Å². The van der Waals surface area contributed by atoms with Gasteiger partial charge in [-0.1, -0.05) is 24.3 Å². The van der Waals surface area contributed by atoms with Gasteiger partial charge in [0.15, 0.2) is 0 Å². The lowest BCUT2D eigenvalue weighted by Gasteiger charge is -2.38. The summed E-state index contributed by atoms with van der Waals surface area (Å²) in [6.07, 6.45) is 0.996. The minimum atomic E-state index is -0.342. The highest BCUT2D eigenvalue weighted by Gasteiger charge is 2.27. The van der Waals surface area contributed by atoms with Crippen LogP contribution in [0.15, 0.2) is 42.5 Å². The molecule has 2 fully saturated rings. The molecular weight excluding hydrogens is 434 g/mol. The maximum absolute atomic E-state index is 12.9. The fourth-order valence-corrected chi connectivity index (χ4v) is 5.08. The fraction of sp³-hybridized carbons (Fsp3) is 0.480. The number of nitro groups is 1. The van der Waals surface area contributed by atoms with Gasteiger partial charge in [-0.05, 0) is 23.3 Å². The first-order valence-electron chi connectivity index (χ1n) is 12.0. The average Bonchev–Trinajstić information content (AvgIpc) is 3.33. The maximum Gasteiger partial charge on any atom is 0.292 e. The molecular formula is C25H31N5O4. The van der Waals surface area contributed by atoms with Gasteiger partial charge in [0.1, 0.15) is 11.4 Å². The van der Waals surface area contributed by atoms with E-state index in [1.54, 1.807) is 12.1 Å². The molecule has 0 N–H and O–H groups in total. The summed E-state index contributed by atoms with van der Waals surface area (Å²) in [7, 11) is 0. The molecule has 2 aromatic rings. The van der Waals surface area contributed by atoms with Crippen LogP contribution >= 0.6 is 0 Å². The molecule has 5 rings (SSSR count). The Morgan fingerprint density at radius 1 is 0.941 bits per heavy atom. The summed E-state index contributed by atoms with van der Waals surface area (Å²) in [5.74, 6) is 1.17. The Morgan fingerprint density at radius 3 is 2.44 bits per heavy atom. The number of hydrogen-bond acceptors (Lipinski definition) is 7. The van der Waals surface area contributed by atoms with E-state index in [1.165, 1.54) is 17.2 Å². The molecule has 0 aliphatic carbocycles. The SMILES string of the molecule is O=C(CN1CCN(Cc2ccc3c(c2)CCO3)CC1)N1CCN(c2ccccc2[N+](=O)[O-])CC1. The van der Waals surface area contributed by atoms with E-state index in [0.29, 0.717) is 38.4 Å². The van der Waals surface area contributed by atoms with Crippen LogP contribution in [0.1, 0.15) is 11.1 Å². The first kappa shape index (κ1) is 22.6. The van der Waals surface area contributed by atoms with Gasteiger partial charge in [-0.2, -0.15) is 0 Å². The zero-order valence-electron chi connectivity index (χ0n) is 19.4. The molecule has 3 heterocycles. The van der Waals surface area contributed by atoms with E-state index in [1.807, 2.05) is 15.9 Å². The van der Waals surface area contributed by atoms with Crippen molar-refractivity contribution in [3.63, 3.8) is 0 Å². The molecule has 1 amide bonds. The van der Waals surface area contributed by atoms with Gasteiger partial charge in [0.05, 0.1) is 18.1 Å². The molecule has 0 aromatic heterocycles. The summed E-state index contributed by atoms with van der Waals surface area (Å²) in [6, 6.07) is 13.3. The number of nitrogens with zero attached hydrogens (tertiary/aromatic N) is 5. The quantitative estimate of drug-likeness (QED) is 0.477. The largest absolute Gasteiger partial charge is 0.493 e. The summed E-state index contributed by atoms with van der Waals surface area (Å²) in [5, 5.41) is 11.3. The van der Waals surface area contributed by atoms with Crippen molar-refractivity contribution in [1.29, 1.82) is 0 Å². The molecule has 3 aliphatic rings. The lowest BCUT2D eigenvalue weighted by Crippen LogP contribution is -2.53. The number of para-hydroxylation sites is 2. The zero-order valence-corrected chi connectivity index (χ0v) is 19.4. The maximum atomic E-state index is 12.9. The smallest absolute Gasteiger partial charge is 0.292 e. The lowest BCUT2D eigenvalue weighted by atomic mass is 10.1. The number of ether oxygens (including phenoxy) is 1. The number of piperazine rings is 2. The summed E-state index contributed by atoms with van der Waals surface area (Å²) < 4.78 is 5.60. The number of hydrogen-bond donors (Lipinski definition) is 0. The van der Waals surface area contributed by atoms with Crippen molar-refractivity contribution in [2.24, 2.45) is 0 Å². The zero-order chi connectivity index (χ0) is 23.5. The van der Waals surface area contributed by atoms with Gasteiger partial charge in [-0.15, -0.1) is 0 Å². The molecule has 9 heteroatoms. The molecule has 34 heavy (non-hydrogen) atoms. The Bertz CT molecular complexity index is 1050. The molecule has 180 valence electrons. The number of carbonyl (C=O) groups is 1. The van der Waals surface area contributed by atoms with Crippen molar-refractivity contribution >= 4 is 17.3 Å². The summed E-state index contributed by atoms with van der Waals surface area (Å²) >= 11 is 0. The molecule has 2 aromatic carbocycles. The minimum Gasteiger partial charge on any atom is -0.493 e. The number of fused-ring (bicyclic) bond motifs is 1. The second kappa shape index (κ2) is 9.99. The van der Waals surface area contributed by atoms with Crippen LogP contribution in [0.4, 0.5) is 11.4 Å². The average molecular weight is 466 g/mol. The van der Waals surface area contributed by atoms with Crippen molar-refractivity contribution in [3.8, 4) is 5.75 Å². The highest BCUT2D eigenvalue weighted by atomic mass is 16.6. The molecule has 0 unspecified atom stereocenters. The van der Waals surface area contributed by atoms with Crippen LogP contribution in [0.5, 0.6) is 5.75 Å². The number of nitro benzene ring substituents is 1. The fourth-order valence-electron chi connectivity index (χ4n) is 5.08. The van der Waals surface area contributed by atoms with E-state index in [0.717, 1.165) is 51.5 Å². The third kappa shape index (κ3) is 5.00. The van der Waals surface area contributed by atoms with Crippen LogP contribution in [-0.4, -0.2) is 91.0 Å². The van der Waals surface area contributed by atoms with E-state index in [9.17, 15) is 14.9 Å². The molecule has 0 bridgehead atoms. The summed E-state index contributed by atoms with van der Waals surface area (Å²) in [5.41, 5.74) is 3.38. The van der Waals surface area contributed by atoms with Crippen molar-refractivity contribution < 1.29 is 14.5 Å². The Balaban J connectivity index is 1.07. The van der Waals surface area contributed by atoms with E-state index in [-0.39, 0.29) is 16.5 Å². The first-order valence-corrected chi connectivity index (χ1v) is 12.0. The highest BCUT2D eigenvalue weighted by molar-refractivity contribution is 5.78. The standard InChI is InChI=1S/C25H31N5O4/c31-25(29-14-12-28(13-15-29)22-3-1-2-4-23(22)30(32)33)19-27-10-8-26(9-11-27)18-20-5-6-24-21(17-20)7-16-34-24/h1-6,17H,7-16,18-19H2. The van der Waals surface area contributed by atoms with Gasteiger partial charge in [0.2, 0.25) is 5.91 Å². The number of anilines is 1. The normalized spacial score (nSPS) is 19.1. The van der Waals surface area contributed by atoms with Crippen LogP contribution in [0.25, 0.3) is 0 Å². The van der Waals surface area contributed by atoms with Crippen molar-refractivity contribution in [3.05, 3.63) is 63.7 Å². The Labute approximate surface area is 199 Å². The number of benzene rings is 2. The highest BCUT2D eigenvalue weighted by Crippen LogP contribution is 2.28. The van der Waals surface area contributed by atoms with Gasteiger partial charge >= 0.3 is 0 Å². The van der Waals surface area contributed by atoms with Gasteiger partial charge < -0.3 is 14.5 Å². The van der Waals surface area contributed by atoms with Crippen molar-refractivity contribution in [2.45, 2.75) is 13.0 Å². The van der Waals surface area contributed by atoms with Crippen LogP contribution < -0.4 is 9.64 Å².